The van der Waals surface area contributed by atoms with E-state index >= 15 is 0 Å². The molecular formula is C15H11FO4S. The van der Waals surface area contributed by atoms with Gasteiger partial charge in [-0.25, -0.2) is 9.18 Å². The lowest BCUT2D eigenvalue weighted by Gasteiger charge is -2.18. The highest BCUT2D eigenvalue weighted by Crippen LogP contribution is 2.38. The van der Waals surface area contributed by atoms with Crippen molar-refractivity contribution in [2.75, 3.05) is 13.2 Å². The number of rotatable bonds is 3. The molecule has 0 fully saturated rings. The third kappa shape index (κ3) is 2.80. The van der Waals surface area contributed by atoms with E-state index in [1.807, 2.05) is 0 Å². The molecule has 108 valence electrons. The Morgan fingerprint density at radius 1 is 1.14 bits per heavy atom. The van der Waals surface area contributed by atoms with E-state index in [0.717, 1.165) is 11.8 Å². The third-order valence-corrected chi connectivity index (χ3v) is 4.04. The van der Waals surface area contributed by atoms with Gasteiger partial charge < -0.3 is 14.6 Å². The van der Waals surface area contributed by atoms with Gasteiger partial charge in [-0.2, -0.15) is 0 Å². The quantitative estimate of drug-likeness (QED) is 0.941. The summed E-state index contributed by atoms with van der Waals surface area (Å²) in [6, 6.07) is 9.21. The second-order valence-electron chi connectivity index (χ2n) is 4.33. The molecule has 1 heterocycles. The molecule has 0 radical (unpaired) electrons. The average molecular weight is 306 g/mol. The fourth-order valence-electron chi connectivity index (χ4n) is 1.99. The van der Waals surface area contributed by atoms with E-state index < -0.39 is 11.8 Å². The van der Waals surface area contributed by atoms with Crippen LogP contribution in [-0.4, -0.2) is 24.3 Å². The molecule has 2 aromatic carbocycles. The smallest absolute Gasteiger partial charge is 0.336 e. The van der Waals surface area contributed by atoms with Gasteiger partial charge in [0.2, 0.25) is 0 Å². The summed E-state index contributed by atoms with van der Waals surface area (Å²) in [6.07, 6.45) is 0. The lowest BCUT2D eigenvalue weighted by atomic mass is 10.2. The molecule has 0 spiro atoms. The fourth-order valence-corrected chi connectivity index (χ4v) is 2.95. The normalized spacial score (nSPS) is 13.0. The number of carbonyl (C=O) groups is 1. The Hall–Kier alpha value is -2.21. The van der Waals surface area contributed by atoms with E-state index in [1.54, 1.807) is 18.2 Å². The molecule has 4 nitrogen and oxygen atoms in total. The Kier molecular flexibility index (Phi) is 3.70. The summed E-state index contributed by atoms with van der Waals surface area (Å²) < 4.78 is 24.8. The van der Waals surface area contributed by atoms with Gasteiger partial charge in [0.25, 0.3) is 0 Å². The van der Waals surface area contributed by atoms with Crippen molar-refractivity contribution < 1.29 is 23.8 Å². The van der Waals surface area contributed by atoms with Crippen molar-refractivity contribution in [3.63, 3.8) is 0 Å². The van der Waals surface area contributed by atoms with Crippen molar-refractivity contribution in [1.29, 1.82) is 0 Å². The second kappa shape index (κ2) is 5.65. The first kappa shape index (κ1) is 13.8. The van der Waals surface area contributed by atoms with Crippen LogP contribution < -0.4 is 9.47 Å². The van der Waals surface area contributed by atoms with Crippen LogP contribution in [-0.2, 0) is 0 Å². The van der Waals surface area contributed by atoms with Crippen LogP contribution >= 0.6 is 11.8 Å². The summed E-state index contributed by atoms with van der Waals surface area (Å²) in [4.78, 5) is 11.9. The highest BCUT2D eigenvalue weighted by molar-refractivity contribution is 7.99. The number of carboxylic acids is 1. The van der Waals surface area contributed by atoms with Crippen LogP contribution in [0.3, 0.4) is 0 Å². The number of hydrogen-bond acceptors (Lipinski definition) is 4. The number of ether oxygens (including phenoxy) is 2. The van der Waals surface area contributed by atoms with Crippen LogP contribution in [0.5, 0.6) is 11.5 Å². The van der Waals surface area contributed by atoms with Crippen LogP contribution in [0, 0.1) is 5.82 Å². The zero-order valence-corrected chi connectivity index (χ0v) is 11.7. The van der Waals surface area contributed by atoms with E-state index in [0.29, 0.717) is 29.6 Å². The average Bonchev–Trinajstić information content (AvgIpc) is 2.49. The van der Waals surface area contributed by atoms with Gasteiger partial charge in [-0.05, 0) is 30.3 Å². The first-order chi connectivity index (χ1) is 10.1. The zero-order chi connectivity index (χ0) is 14.8. The van der Waals surface area contributed by atoms with E-state index in [-0.39, 0.29) is 10.5 Å². The Morgan fingerprint density at radius 3 is 2.67 bits per heavy atom. The van der Waals surface area contributed by atoms with Crippen molar-refractivity contribution in [3.05, 3.63) is 47.8 Å². The van der Waals surface area contributed by atoms with Crippen LogP contribution in [0.4, 0.5) is 4.39 Å². The number of aromatic carboxylic acids is 1. The van der Waals surface area contributed by atoms with Crippen LogP contribution in [0.2, 0.25) is 0 Å². The van der Waals surface area contributed by atoms with Gasteiger partial charge in [0.1, 0.15) is 19.0 Å². The molecule has 0 saturated heterocycles. The van der Waals surface area contributed by atoms with Crippen LogP contribution in [0.15, 0.2) is 46.2 Å². The number of fused-ring (bicyclic) bond motifs is 1. The Balaban J connectivity index is 1.95. The molecule has 0 aromatic heterocycles. The predicted molar refractivity (Wildman–Crippen MR) is 74.9 cm³/mol. The van der Waals surface area contributed by atoms with Crippen molar-refractivity contribution in [1.82, 2.24) is 0 Å². The Bertz CT molecular complexity index is 702. The number of carboxylic acid groups (broad SMARTS) is 1. The minimum atomic E-state index is -1.16. The van der Waals surface area contributed by atoms with Gasteiger partial charge in [-0.3, -0.25) is 0 Å². The molecule has 0 saturated carbocycles. The molecule has 0 unspecified atom stereocenters. The summed E-state index contributed by atoms with van der Waals surface area (Å²) in [5.74, 6) is -0.499. The third-order valence-electron chi connectivity index (χ3n) is 2.93. The Labute approximate surface area is 124 Å². The summed E-state index contributed by atoms with van der Waals surface area (Å²) in [5.41, 5.74) is -0.0603. The maximum Gasteiger partial charge on any atom is 0.336 e. The van der Waals surface area contributed by atoms with Gasteiger partial charge >= 0.3 is 5.97 Å². The molecule has 2 aromatic rings. The molecule has 6 heteroatoms. The summed E-state index contributed by atoms with van der Waals surface area (Å²) >= 11 is 1.05. The first-order valence-electron chi connectivity index (χ1n) is 6.24. The van der Waals surface area contributed by atoms with E-state index in [9.17, 15) is 9.18 Å². The number of halogens is 1. The van der Waals surface area contributed by atoms with Crippen LogP contribution in [0.1, 0.15) is 10.4 Å². The largest absolute Gasteiger partial charge is 0.486 e. The van der Waals surface area contributed by atoms with Crippen molar-refractivity contribution in [2.45, 2.75) is 9.79 Å². The summed E-state index contributed by atoms with van der Waals surface area (Å²) in [6.45, 7) is 0.956. The van der Waals surface area contributed by atoms with Gasteiger partial charge in [-0.15, -0.1) is 0 Å². The number of hydrogen-bond donors (Lipinski definition) is 1. The topological polar surface area (TPSA) is 55.8 Å². The van der Waals surface area contributed by atoms with Crippen LogP contribution in [0.25, 0.3) is 0 Å². The van der Waals surface area contributed by atoms with Crippen molar-refractivity contribution in [3.8, 4) is 11.5 Å². The molecule has 0 atom stereocenters. The van der Waals surface area contributed by atoms with Crippen molar-refractivity contribution >= 4 is 17.7 Å². The monoisotopic (exact) mass is 306 g/mol. The minimum Gasteiger partial charge on any atom is -0.486 e. The molecule has 0 bridgehead atoms. The van der Waals surface area contributed by atoms with E-state index in [1.165, 1.54) is 18.2 Å². The van der Waals surface area contributed by atoms with E-state index in [4.69, 9.17) is 14.6 Å². The Morgan fingerprint density at radius 2 is 1.90 bits per heavy atom. The van der Waals surface area contributed by atoms with Gasteiger partial charge in [0.05, 0.1) is 10.5 Å². The maximum absolute atomic E-state index is 13.9. The van der Waals surface area contributed by atoms with Gasteiger partial charge in [-0.1, -0.05) is 17.8 Å². The van der Waals surface area contributed by atoms with E-state index in [2.05, 4.69) is 0 Å². The second-order valence-corrected chi connectivity index (χ2v) is 5.41. The lowest BCUT2D eigenvalue weighted by Crippen LogP contribution is -2.15. The zero-order valence-electron chi connectivity index (χ0n) is 10.8. The summed E-state index contributed by atoms with van der Waals surface area (Å²) in [7, 11) is 0. The molecule has 0 amide bonds. The standard InChI is InChI=1S/C15H11FO4S/c16-11-3-1-2-10(15(17)18)14(11)21-9-4-5-12-13(8-9)20-7-6-19-12/h1-5,8H,6-7H2,(H,17,18). The first-order valence-corrected chi connectivity index (χ1v) is 7.06. The molecule has 21 heavy (non-hydrogen) atoms. The highest BCUT2D eigenvalue weighted by Gasteiger charge is 2.17. The predicted octanol–water partition coefficient (Wildman–Crippen LogP) is 3.45. The molecule has 1 N–H and O–H groups in total. The molecule has 3 rings (SSSR count). The molecule has 0 aliphatic carbocycles. The minimum absolute atomic E-state index is 0.0603. The van der Waals surface area contributed by atoms with Crippen molar-refractivity contribution in [2.24, 2.45) is 0 Å². The van der Waals surface area contributed by atoms with Gasteiger partial charge in [0.15, 0.2) is 11.5 Å². The maximum atomic E-state index is 13.9. The molecule has 1 aliphatic heterocycles. The molecular weight excluding hydrogens is 295 g/mol. The molecule has 1 aliphatic rings. The van der Waals surface area contributed by atoms with Gasteiger partial charge in [0, 0.05) is 4.90 Å². The fraction of sp³-hybridized carbons (Fsp3) is 0.133. The summed E-state index contributed by atoms with van der Waals surface area (Å²) in [5, 5.41) is 9.14. The lowest BCUT2D eigenvalue weighted by molar-refractivity contribution is 0.0692. The SMILES string of the molecule is O=C(O)c1cccc(F)c1Sc1ccc2c(c1)OCCO2. The highest BCUT2D eigenvalue weighted by atomic mass is 32.2. The number of benzene rings is 2.